The summed E-state index contributed by atoms with van der Waals surface area (Å²) >= 11 is 0. The predicted molar refractivity (Wildman–Crippen MR) is 368 cm³/mol. The Morgan fingerprint density at radius 1 is 0.178 bits per heavy atom. The summed E-state index contributed by atoms with van der Waals surface area (Å²) in [7, 11) is -33.7. The fourth-order valence-electron chi connectivity index (χ4n) is 25.9. The van der Waals surface area contributed by atoms with Crippen molar-refractivity contribution in [1.29, 1.82) is 0 Å². The minimum Gasteiger partial charge on any atom is -0.748 e. The van der Waals surface area contributed by atoms with Gasteiger partial charge in [-0.15, -0.1) is 0 Å². The van der Waals surface area contributed by atoms with E-state index in [1.54, 1.807) is 0 Å². The number of fused-ring (bicyclic) bond motifs is 40. The molecule has 8 aliphatic carbocycles. The molecule has 0 spiro atoms. The van der Waals surface area contributed by atoms with Crippen LogP contribution in [0.1, 0.15) is 167 Å². The van der Waals surface area contributed by atoms with Gasteiger partial charge in [0.2, 0.25) is 0 Å². The van der Waals surface area contributed by atoms with Gasteiger partial charge in [0.05, 0.1) is 171 Å². The molecule has 0 aromatic heterocycles. The summed E-state index contributed by atoms with van der Waals surface area (Å²) in [5.74, 6) is -1.00. The molecule has 10 heterocycles. The Morgan fingerprint density at radius 3 is 0.439 bits per heavy atom. The molecule has 607 valence electrons. The molecule has 0 aromatic carbocycles. The smallest absolute Gasteiger partial charge is 0.748 e. The molecule has 43 heteroatoms. The molecule has 16 N–H and O–H groups in total. The van der Waals surface area contributed by atoms with Crippen molar-refractivity contribution in [2.24, 2.45) is 94.7 Å². The van der Waals surface area contributed by atoms with Crippen LogP contribution in [0.2, 0.25) is 0 Å². The number of rotatable bonds is 6. The normalized spacial score (nSPS) is 50.9. The van der Waals surface area contributed by atoms with E-state index < -0.39 is 153 Å². The summed E-state index contributed by atoms with van der Waals surface area (Å²) in [5, 5.41) is 45.1. The first kappa shape index (κ1) is 83.9. The first-order valence-corrected chi connectivity index (χ1v) is 48.0. The van der Waals surface area contributed by atoms with E-state index in [1.165, 1.54) is 25.7 Å². The van der Waals surface area contributed by atoms with Gasteiger partial charge in [-0.2, -0.15) is 0 Å². The van der Waals surface area contributed by atoms with Crippen molar-refractivity contribution < 1.29 is 129 Å². The van der Waals surface area contributed by atoms with Crippen LogP contribution in [-0.2, 0) is 112 Å². The molecule has 0 aromatic rings. The Hall–Kier alpha value is 0.378. The second kappa shape index (κ2) is 31.9. The summed E-state index contributed by atoms with van der Waals surface area (Å²) in [4.78, 5) is 0. The third kappa shape index (κ3) is 15.9. The fraction of sp³-hybridized carbons (Fsp3) is 1.00. The van der Waals surface area contributed by atoms with Gasteiger partial charge in [0.1, 0.15) is 20.2 Å². The van der Waals surface area contributed by atoms with E-state index in [0.29, 0.717) is 23.7 Å². The van der Waals surface area contributed by atoms with Crippen molar-refractivity contribution in [1.82, 2.24) is 85.1 Å². The van der Waals surface area contributed by atoms with E-state index in [0.717, 1.165) is 128 Å². The minimum atomic E-state index is -5.73. The van der Waals surface area contributed by atoms with Crippen molar-refractivity contribution in [2.75, 3.05) is 0 Å². The van der Waals surface area contributed by atoms with Crippen molar-refractivity contribution in [3.8, 4) is 0 Å². The van der Waals surface area contributed by atoms with Gasteiger partial charge in [-0.25, -0.2) is 50.5 Å². The van der Waals surface area contributed by atoms with Crippen molar-refractivity contribution in [2.45, 2.75) is 297 Å². The Balaban J connectivity index is 0.000000175. The Kier molecular flexibility index (Phi) is 25.0. The molecule has 38 unspecified atom stereocenters. The maximum Gasteiger partial charge on any atom is 2.00 e. The van der Waals surface area contributed by atoms with Crippen LogP contribution >= 0.6 is 0 Å². The number of hydrogen-bond acceptors (Lipinski definition) is 34. The van der Waals surface area contributed by atoms with E-state index in [9.17, 15) is 77.8 Å². The van der Waals surface area contributed by atoms with Crippen LogP contribution in [0, 0.1) is 94.7 Å². The SMILES string of the molecule is O=S(=O)([O-])C1CC2C3NC4NC(NC5NC(NC6NC(NC(N3)C2C(S(=O)(=O)[O-])C1S(=O)(=O)[O-])C1CCCCC61)C1CCCCC51)C1CCCCC41.O=S(=O)([O-])C1CC2C3NC4NC(NC5NC(NC6NC(NC(N3)C2C(S(=O)(=O)[O-])C1S(=O)(=O)[O-])C1CCCCC61)C1CCCCC51)C1CCCCC41.[Mn+2].[Mn+2].[Mn+2]. The van der Waals surface area contributed by atoms with E-state index in [-0.39, 0.29) is 173 Å². The van der Waals surface area contributed by atoms with Crippen LogP contribution in [0.5, 0.6) is 0 Å². The molecule has 107 heavy (non-hydrogen) atoms. The average molecular weight is 1740 g/mol. The van der Waals surface area contributed by atoms with Gasteiger partial charge in [-0.05, 0) is 173 Å². The van der Waals surface area contributed by atoms with Crippen LogP contribution in [0.25, 0.3) is 0 Å². The van der Waals surface area contributed by atoms with Gasteiger partial charge in [0.15, 0.2) is 0 Å². The van der Waals surface area contributed by atoms with Crippen LogP contribution < -0.4 is 85.1 Å². The van der Waals surface area contributed by atoms with Gasteiger partial charge in [-0.1, -0.05) is 77.0 Å². The summed E-state index contributed by atoms with van der Waals surface area (Å²) < 4.78 is 231. The third-order valence-electron chi connectivity index (χ3n) is 30.0. The van der Waals surface area contributed by atoms with E-state index >= 15 is 0 Å². The topological polar surface area (TPSA) is 536 Å². The predicted octanol–water partition coefficient (Wildman–Crippen LogP) is -3.65. The standard InChI is InChI=1S/2C32H56N8O9S3.3Mn/c2*41-50(42,43)21-13-20-22(24(52(47,48)49)23(21)51(44,45)46)32-39-30-19-12-6-5-11-18(19)28(37-30)35-26-15-8-2-1-7-14(15)25(33-26)34-27-16-9-3-4-10-17(16)29(36-27)38-31(20)40-32;;;/h2*14-40H,1-13H2,(H,41,42,43)(H,44,45,46)(H,47,48,49);;;/q;;3*+2/p-6. The molecule has 3 radical (unpaired) electrons. The third-order valence-corrected chi connectivity index (χ3v) is 38.2. The summed E-state index contributed by atoms with van der Waals surface area (Å²) in [6.07, 6.45) is 19.5. The maximum absolute atomic E-state index is 13.1. The molecular weight excluding hydrogens is 1640 g/mol. The quantitative estimate of drug-likeness (QED) is 0.0900. The zero-order valence-corrected chi connectivity index (χ0v) is 67.7. The van der Waals surface area contributed by atoms with Crippen LogP contribution in [0.4, 0.5) is 0 Å². The van der Waals surface area contributed by atoms with Gasteiger partial charge in [-0.3, -0.25) is 85.1 Å². The van der Waals surface area contributed by atoms with Crippen molar-refractivity contribution in [3.05, 3.63) is 0 Å². The van der Waals surface area contributed by atoms with Gasteiger partial charge < -0.3 is 27.3 Å². The van der Waals surface area contributed by atoms with Gasteiger partial charge in [0.25, 0.3) is 0 Å². The molecule has 38 atom stereocenters. The van der Waals surface area contributed by atoms with Gasteiger partial charge in [0, 0.05) is 11.8 Å². The van der Waals surface area contributed by atoms with Crippen molar-refractivity contribution >= 4 is 60.7 Å². The average Bonchev–Trinajstić information content (AvgIpc) is 1.68. The molecular formula is C64H106Mn3N16O18S6. The zero-order valence-electron chi connectivity index (χ0n) is 59.3. The van der Waals surface area contributed by atoms with Crippen LogP contribution in [-0.4, -0.2) is 208 Å². The molecule has 10 aliphatic heterocycles. The zero-order chi connectivity index (χ0) is 72.6. The Morgan fingerprint density at radius 2 is 0.308 bits per heavy atom. The Labute approximate surface area is 661 Å². The van der Waals surface area contributed by atoms with E-state index in [4.69, 9.17) is 0 Å². The molecule has 34 nitrogen and oxygen atoms in total. The molecule has 18 rings (SSSR count). The molecule has 18 aliphatic rings. The minimum absolute atomic E-state index is 0. The molecule has 0 amide bonds. The largest absolute Gasteiger partial charge is 2.00 e. The fourth-order valence-corrected chi connectivity index (χ4v) is 35.8. The van der Waals surface area contributed by atoms with Crippen molar-refractivity contribution in [3.63, 3.8) is 0 Å². The first-order chi connectivity index (χ1) is 49.3. The summed E-state index contributed by atoms with van der Waals surface area (Å²) in [6.45, 7) is 0. The van der Waals surface area contributed by atoms with Crippen LogP contribution in [0.15, 0.2) is 0 Å². The van der Waals surface area contributed by atoms with Gasteiger partial charge >= 0.3 is 51.2 Å². The van der Waals surface area contributed by atoms with Crippen LogP contribution in [0.3, 0.4) is 0 Å². The second-order valence-electron chi connectivity index (χ2n) is 34.8. The Bertz CT molecular complexity index is 3680. The monoisotopic (exact) mass is 1740 g/mol. The summed E-state index contributed by atoms with van der Waals surface area (Å²) in [5.41, 5.74) is 0. The first-order valence-electron chi connectivity index (χ1n) is 39.2. The van der Waals surface area contributed by atoms with E-state index in [1.807, 2.05) is 0 Å². The van der Waals surface area contributed by atoms with E-state index in [2.05, 4.69) is 85.1 Å². The maximum atomic E-state index is 13.1. The summed E-state index contributed by atoms with van der Waals surface area (Å²) in [6, 6.07) is 0. The second-order valence-corrected chi connectivity index (χ2v) is 44.1. The molecule has 16 bridgehead atoms. The molecule has 18 fully saturated rings. The molecule has 10 saturated heterocycles. The number of hydrogen-bond donors (Lipinski definition) is 16. The molecule has 8 saturated carbocycles. The number of nitrogens with one attached hydrogen (secondary N) is 16.